The number of hydrogen-bond donors (Lipinski definition) is 0. The van der Waals surface area contributed by atoms with Gasteiger partial charge in [-0.25, -0.2) is 0 Å². The van der Waals surface area contributed by atoms with Gasteiger partial charge in [-0.1, -0.05) is 86.0 Å². The van der Waals surface area contributed by atoms with E-state index in [0.29, 0.717) is 18.1 Å². The fourth-order valence-corrected chi connectivity index (χ4v) is 3.71. The Balaban J connectivity index is 1.70. The lowest BCUT2D eigenvalue weighted by Crippen LogP contribution is -2.11. The summed E-state index contributed by atoms with van der Waals surface area (Å²) < 4.78 is 0. The number of aryl methyl sites for hydroxylation is 1. The number of hydrogen-bond acceptors (Lipinski definition) is 1. The van der Waals surface area contributed by atoms with E-state index in [2.05, 4.69) is 42.5 Å². The molecule has 0 heterocycles. The van der Waals surface area contributed by atoms with Gasteiger partial charge in [0.25, 0.3) is 0 Å². The maximum Gasteiger partial charge on any atom is 0.159 e. The molecule has 1 heteroatoms. The van der Waals surface area contributed by atoms with E-state index in [1.165, 1.54) is 43.2 Å². The molecule has 1 aliphatic carbocycles. The van der Waals surface area contributed by atoms with Crippen LogP contribution in [0.4, 0.5) is 0 Å². The second-order valence-corrected chi connectivity index (χ2v) is 7.16. The summed E-state index contributed by atoms with van der Waals surface area (Å²) in [6, 6.07) is 20.7. The molecule has 1 saturated carbocycles. The van der Waals surface area contributed by atoms with E-state index in [1.54, 1.807) is 0 Å². The minimum atomic E-state index is 0.318. The minimum Gasteiger partial charge on any atom is -0.295 e. The van der Waals surface area contributed by atoms with E-state index in [0.717, 1.165) is 18.4 Å². The molecule has 2 aromatic rings. The van der Waals surface area contributed by atoms with Crippen LogP contribution in [0.5, 0.6) is 0 Å². The third kappa shape index (κ3) is 5.70. The van der Waals surface area contributed by atoms with Crippen molar-refractivity contribution < 1.29 is 4.79 Å². The maximum atomic E-state index is 12.9. The van der Waals surface area contributed by atoms with Crippen LogP contribution in [0.2, 0.25) is 0 Å². The van der Waals surface area contributed by atoms with Gasteiger partial charge in [0, 0.05) is 12.8 Å². The molecule has 0 bridgehead atoms. The highest BCUT2D eigenvalue weighted by atomic mass is 16.1. The van der Waals surface area contributed by atoms with E-state index in [-0.39, 0.29) is 0 Å². The van der Waals surface area contributed by atoms with Crippen LogP contribution in [0.3, 0.4) is 0 Å². The lowest BCUT2D eigenvalue weighted by atomic mass is 9.85. The van der Waals surface area contributed by atoms with Crippen LogP contribution in [0.15, 0.2) is 72.3 Å². The number of rotatable bonds is 7. The van der Waals surface area contributed by atoms with Crippen molar-refractivity contribution in [2.45, 2.75) is 51.4 Å². The lowest BCUT2D eigenvalue weighted by Gasteiger charge is -2.20. The summed E-state index contributed by atoms with van der Waals surface area (Å²) in [6.45, 7) is 0. The van der Waals surface area contributed by atoms with Crippen LogP contribution in [-0.4, -0.2) is 5.78 Å². The summed E-state index contributed by atoms with van der Waals surface area (Å²) in [5.74, 6) is 0.909. The molecule has 1 fully saturated rings. The molecule has 0 radical (unpaired) electrons. The first-order valence-electron chi connectivity index (χ1n) is 9.63. The molecular formula is C24H28O. The van der Waals surface area contributed by atoms with Crippen molar-refractivity contribution in [2.24, 2.45) is 5.92 Å². The summed E-state index contributed by atoms with van der Waals surface area (Å²) in [4.78, 5) is 12.9. The molecule has 0 atom stereocenters. The molecule has 0 N–H and O–H groups in total. The molecular weight excluding hydrogens is 304 g/mol. The Labute approximate surface area is 151 Å². The molecule has 1 aliphatic rings. The summed E-state index contributed by atoms with van der Waals surface area (Å²) >= 11 is 0. The van der Waals surface area contributed by atoms with Crippen LogP contribution < -0.4 is 0 Å². The van der Waals surface area contributed by atoms with Crippen molar-refractivity contribution in [3.05, 3.63) is 83.4 Å². The molecule has 0 spiro atoms. The Morgan fingerprint density at radius 1 is 0.840 bits per heavy atom. The Morgan fingerprint density at radius 2 is 1.44 bits per heavy atom. The van der Waals surface area contributed by atoms with Gasteiger partial charge in [-0.2, -0.15) is 0 Å². The quantitative estimate of drug-likeness (QED) is 0.574. The number of allylic oxidation sites excluding steroid dienone is 2. The summed E-state index contributed by atoms with van der Waals surface area (Å²) in [6.07, 6.45) is 10.9. The lowest BCUT2D eigenvalue weighted by molar-refractivity contribution is -0.115. The fourth-order valence-electron chi connectivity index (χ4n) is 3.71. The Hall–Kier alpha value is -2.15. The first kappa shape index (κ1) is 17.7. The van der Waals surface area contributed by atoms with Gasteiger partial charge in [-0.3, -0.25) is 4.79 Å². The Kier molecular flexibility index (Phi) is 6.62. The summed E-state index contributed by atoms with van der Waals surface area (Å²) in [5, 5.41) is 0. The van der Waals surface area contributed by atoms with E-state index in [4.69, 9.17) is 0 Å². The second-order valence-electron chi connectivity index (χ2n) is 7.16. The highest BCUT2D eigenvalue weighted by molar-refractivity contribution is 5.95. The Bertz CT molecular complexity index is 679. The van der Waals surface area contributed by atoms with Gasteiger partial charge >= 0.3 is 0 Å². The van der Waals surface area contributed by atoms with Crippen LogP contribution in [0.25, 0.3) is 0 Å². The van der Waals surface area contributed by atoms with Gasteiger partial charge in [0.05, 0.1) is 0 Å². The standard InChI is InChI=1S/C24H28O/c25-24(17-16-20-10-4-1-5-11-20)23(18-21-12-6-2-7-13-21)19-22-14-8-3-9-15-22/h1-2,4-7,10-13,19,22H,3,8-9,14-18H2/b23-19+. The molecule has 2 aromatic carbocycles. The highest BCUT2D eigenvalue weighted by Gasteiger charge is 2.16. The molecule has 25 heavy (non-hydrogen) atoms. The number of ketones is 1. The zero-order valence-corrected chi connectivity index (χ0v) is 15.0. The van der Waals surface area contributed by atoms with E-state index >= 15 is 0 Å². The maximum absolute atomic E-state index is 12.9. The normalized spacial score (nSPS) is 15.9. The predicted octanol–water partition coefficient (Wildman–Crippen LogP) is 5.94. The van der Waals surface area contributed by atoms with Crippen molar-refractivity contribution in [1.29, 1.82) is 0 Å². The van der Waals surface area contributed by atoms with Crippen molar-refractivity contribution in [3.63, 3.8) is 0 Å². The number of carbonyl (C=O) groups is 1. The molecule has 0 amide bonds. The van der Waals surface area contributed by atoms with Crippen molar-refractivity contribution >= 4 is 5.78 Å². The first-order chi connectivity index (χ1) is 12.3. The van der Waals surface area contributed by atoms with Crippen LogP contribution in [-0.2, 0) is 17.6 Å². The van der Waals surface area contributed by atoms with E-state index < -0.39 is 0 Å². The molecule has 0 aromatic heterocycles. The van der Waals surface area contributed by atoms with Gasteiger partial charge in [-0.05, 0) is 41.9 Å². The zero-order valence-electron chi connectivity index (χ0n) is 15.0. The number of benzene rings is 2. The summed E-state index contributed by atoms with van der Waals surface area (Å²) in [7, 11) is 0. The van der Waals surface area contributed by atoms with Crippen LogP contribution >= 0.6 is 0 Å². The van der Waals surface area contributed by atoms with Gasteiger partial charge in [0.15, 0.2) is 5.78 Å². The van der Waals surface area contributed by atoms with Crippen LogP contribution in [0.1, 0.15) is 49.7 Å². The summed E-state index contributed by atoms with van der Waals surface area (Å²) in [5.41, 5.74) is 3.50. The zero-order chi connectivity index (χ0) is 17.3. The molecule has 1 nitrogen and oxygen atoms in total. The monoisotopic (exact) mass is 332 g/mol. The number of carbonyl (C=O) groups excluding carboxylic acids is 1. The molecule has 3 rings (SSSR count). The first-order valence-corrected chi connectivity index (χ1v) is 9.63. The number of Topliss-reactive ketones (excluding diaryl/α,β-unsaturated/α-hetero) is 1. The Morgan fingerprint density at radius 3 is 2.08 bits per heavy atom. The molecule has 0 saturated heterocycles. The van der Waals surface area contributed by atoms with Gasteiger partial charge in [-0.15, -0.1) is 0 Å². The molecule has 0 aliphatic heterocycles. The van der Waals surface area contributed by atoms with E-state index in [1.807, 2.05) is 24.3 Å². The fraction of sp³-hybridized carbons (Fsp3) is 0.375. The largest absolute Gasteiger partial charge is 0.295 e. The van der Waals surface area contributed by atoms with Crippen molar-refractivity contribution in [2.75, 3.05) is 0 Å². The minimum absolute atomic E-state index is 0.318. The second kappa shape index (κ2) is 9.36. The van der Waals surface area contributed by atoms with Gasteiger partial charge < -0.3 is 0 Å². The van der Waals surface area contributed by atoms with Crippen molar-refractivity contribution in [1.82, 2.24) is 0 Å². The third-order valence-electron chi connectivity index (χ3n) is 5.17. The van der Waals surface area contributed by atoms with Gasteiger partial charge in [0.1, 0.15) is 0 Å². The van der Waals surface area contributed by atoms with Crippen LogP contribution in [0, 0.1) is 5.92 Å². The highest BCUT2D eigenvalue weighted by Crippen LogP contribution is 2.27. The average molecular weight is 332 g/mol. The molecule has 130 valence electrons. The smallest absolute Gasteiger partial charge is 0.159 e. The topological polar surface area (TPSA) is 17.1 Å². The SMILES string of the molecule is O=C(CCc1ccccc1)/C(=C/C1CCCCC1)Cc1ccccc1. The van der Waals surface area contributed by atoms with Gasteiger partial charge in [0.2, 0.25) is 0 Å². The average Bonchev–Trinajstić information content (AvgIpc) is 2.68. The van der Waals surface area contributed by atoms with E-state index in [9.17, 15) is 4.79 Å². The predicted molar refractivity (Wildman–Crippen MR) is 105 cm³/mol. The third-order valence-corrected chi connectivity index (χ3v) is 5.17. The molecule has 0 unspecified atom stereocenters. The van der Waals surface area contributed by atoms with Crippen molar-refractivity contribution in [3.8, 4) is 0 Å².